The van der Waals surface area contributed by atoms with Crippen LogP contribution in [0.4, 0.5) is 0 Å². The van der Waals surface area contributed by atoms with Crippen molar-refractivity contribution in [3.8, 4) is 5.69 Å². The summed E-state index contributed by atoms with van der Waals surface area (Å²) in [7, 11) is 0. The first kappa shape index (κ1) is 11.7. The summed E-state index contributed by atoms with van der Waals surface area (Å²) in [6.07, 6.45) is 0.698. The van der Waals surface area contributed by atoms with Gasteiger partial charge in [-0.05, 0) is 25.5 Å². The summed E-state index contributed by atoms with van der Waals surface area (Å²) in [5, 5.41) is 12.2. The van der Waals surface area contributed by atoms with E-state index in [0.717, 1.165) is 16.9 Å². The second kappa shape index (κ2) is 4.59. The third-order valence-corrected chi connectivity index (χ3v) is 2.88. The van der Waals surface area contributed by atoms with Crippen LogP contribution in [0, 0.1) is 6.92 Å². The molecule has 4 nitrogen and oxygen atoms in total. The summed E-state index contributed by atoms with van der Waals surface area (Å²) in [5.74, 6) is 0. The van der Waals surface area contributed by atoms with Gasteiger partial charge in [-0.2, -0.15) is 0 Å². The summed E-state index contributed by atoms with van der Waals surface area (Å²) >= 11 is 0. The van der Waals surface area contributed by atoms with Crippen LogP contribution in [0.25, 0.3) is 5.69 Å². The van der Waals surface area contributed by atoms with Gasteiger partial charge in [-0.1, -0.05) is 24.6 Å². The number of aryl methyl sites for hydroxylation is 2. The number of aromatic amines is 1. The fourth-order valence-corrected chi connectivity index (χ4v) is 1.85. The van der Waals surface area contributed by atoms with Crippen molar-refractivity contribution in [1.29, 1.82) is 0 Å². The Kier molecular flexibility index (Phi) is 3.15. The second-order valence-corrected chi connectivity index (χ2v) is 4.06. The molecule has 1 heterocycles. The van der Waals surface area contributed by atoms with Gasteiger partial charge < -0.3 is 5.11 Å². The number of aromatic nitrogens is 2. The van der Waals surface area contributed by atoms with Crippen molar-refractivity contribution in [1.82, 2.24) is 9.78 Å². The topological polar surface area (TPSA) is 58.0 Å². The maximum absolute atomic E-state index is 12.0. The minimum absolute atomic E-state index is 0.173. The van der Waals surface area contributed by atoms with E-state index in [9.17, 15) is 9.90 Å². The summed E-state index contributed by atoms with van der Waals surface area (Å²) < 4.78 is 1.48. The van der Waals surface area contributed by atoms with Crippen LogP contribution in [0.1, 0.15) is 23.7 Å². The van der Waals surface area contributed by atoms with E-state index in [-0.39, 0.29) is 12.2 Å². The molecule has 2 rings (SSSR count). The van der Waals surface area contributed by atoms with E-state index < -0.39 is 0 Å². The number of aliphatic hydroxyl groups is 1. The highest BCUT2D eigenvalue weighted by molar-refractivity contribution is 5.35. The molecule has 0 bridgehead atoms. The molecule has 0 saturated heterocycles. The molecule has 0 amide bonds. The smallest absolute Gasteiger partial charge is 0.277 e. The molecule has 0 unspecified atom stereocenters. The van der Waals surface area contributed by atoms with E-state index in [4.69, 9.17) is 0 Å². The van der Waals surface area contributed by atoms with Crippen LogP contribution in [-0.2, 0) is 13.0 Å². The van der Waals surface area contributed by atoms with Crippen molar-refractivity contribution in [2.45, 2.75) is 26.9 Å². The van der Waals surface area contributed by atoms with Crippen LogP contribution in [0.2, 0.25) is 0 Å². The number of rotatable bonds is 3. The summed E-state index contributed by atoms with van der Waals surface area (Å²) in [4.78, 5) is 12.0. The summed E-state index contributed by atoms with van der Waals surface area (Å²) in [6.45, 7) is 3.72. The molecule has 0 aliphatic carbocycles. The number of nitrogens with one attached hydrogen (secondary N) is 1. The van der Waals surface area contributed by atoms with Gasteiger partial charge >= 0.3 is 0 Å². The molecule has 0 aliphatic heterocycles. The Balaban J connectivity index is 2.56. The molecule has 0 fully saturated rings. The number of hydrogen-bond acceptors (Lipinski definition) is 2. The van der Waals surface area contributed by atoms with Crippen LogP contribution < -0.4 is 5.56 Å². The van der Waals surface area contributed by atoms with Gasteiger partial charge in [0.15, 0.2) is 0 Å². The molecule has 1 aromatic carbocycles. The average molecular weight is 232 g/mol. The highest BCUT2D eigenvalue weighted by atomic mass is 16.3. The molecule has 17 heavy (non-hydrogen) atoms. The van der Waals surface area contributed by atoms with Gasteiger partial charge in [0, 0.05) is 5.69 Å². The number of hydrogen-bond donors (Lipinski definition) is 2. The quantitative estimate of drug-likeness (QED) is 0.843. The molecular weight excluding hydrogens is 216 g/mol. The zero-order valence-electron chi connectivity index (χ0n) is 10.0. The van der Waals surface area contributed by atoms with Crippen LogP contribution in [0.5, 0.6) is 0 Å². The number of benzene rings is 1. The lowest BCUT2D eigenvalue weighted by molar-refractivity contribution is 0.279. The van der Waals surface area contributed by atoms with Gasteiger partial charge in [-0.15, -0.1) is 0 Å². The number of nitrogens with zero attached hydrogens (tertiary/aromatic N) is 1. The highest BCUT2D eigenvalue weighted by Crippen LogP contribution is 2.09. The van der Waals surface area contributed by atoms with Crippen molar-refractivity contribution in [3.63, 3.8) is 0 Å². The molecule has 90 valence electrons. The zero-order chi connectivity index (χ0) is 12.4. The minimum Gasteiger partial charge on any atom is -0.391 e. The summed E-state index contributed by atoms with van der Waals surface area (Å²) in [5.41, 5.74) is 3.00. The van der Waals surface area contributed by atoms with Gasteiger partial charge in [-0.25, -0.2) is 4.68 Å². The molecule has 0 spiro atoms. The standard InChI is InChI=1S/C13H16N2O2/c1-3-12-11(8-16)13(17)15(14-12)10-6-4-9(2)5-7-10/h4-7,14,16H,3,8H2,1-2H3. The van der Waals surface area contributed by atoms with E-state index in [1.54, 1.807) is 0 Å². The van der Waals surface area contributed by atoms with E-state index in [0.29, 0.717) is 12.0 Å². The van der Waals surface area contributed by atoms with Gasteiger partial charge in [-0.3, -0.25) is 9.89 Å². The van der Waals surface area contributed by atoms with E-state index >= 15 is 0 Å². The van der Waals surface area contributed by atoms with Gasteiger partial charge in [0.1, 0.15) is 0 Å². The Bertz CT molecular complexity index is 564. The minimum atomic E-state index is -0.225. The Morgan fingerprint density at radius 1 is 1.29 bits per heavy atom. The maximum atomic E-state index is 12.0. The average Bonchev–Trinajstić information content (AvgIpc) is 2.66. The van der Waals surface area contributed by atoms with Gasteiger partial charge in [0.25, 0.3) is 5.56 Å². The van der Waals surface area contributed by atoms with Gasteiger partial charge in [0.05, 0.1) is 17.9 Å². The second-order valence-electron chi connectivity index (χ2n) is 4.06. The Morgan fingerprint density at radius 2 is 1.94 bits per heavy atom. The Labute approximate surface area is 99.5 Å². The van der Waals surface area contributed by atoms with E-state index in [2.05, 4.69) is 5.10 Å². The lowest BCUT2D eigenvalue weighted by Crippen LogP contribution is -2.17. The summed E-state index contributed by atoms with van der Waals surface area (Å²) in [6, 6.07) is 7.67. The van der Waals surface area contributed by atoms with Crippen molar-refractivity contribution in [3.05, 3.63) is 51.4 Å². The number of aliphatic hydroxyl groups excluding tert-OH is 1. The van der Waals surface area contributed by atoms with Crippen molar-refractivity contribution in [2.24, 2.45) is 0 Å². The lowest BCUT2D eigenvalue weighted by atomic mass is 10.2. The number of H-pyrrole nitrogens is 1. The highest BCUT2D eigenvalue weighted by Gasteiger charge is 2.12. The predicted molar refractivity (Wildman–Crippen MR) is 66.4 cm³/mol. The zero-order valence-corrected chi connectivity index (χ0v) is 10.0. The molecule has 2 aromatic rings. The van der Waals surface area contributed by atoms with Crippen molar-refractivity contribution in [2.75, 3.05) is 0 Å². The fourth-order valence-electron chi connectivity index (χ4n) is 1.85. The maximum Gasteiger partial charge on any atom is 0.277 e. The fraction of sp³-hybridized carbons (Fsp3) is 0.308. The molecule has 0 atom stereocenters. The predicted octanol–water partition coefficient (Wildman–Crippen LogP) is 1.53. The lowest BCUT2D eigenvalue weighted by Gasteiger charge is -2.01. The SMILES string of the molecule is CCc1[nH]n(-c2ccc(C)cc2)c(=O)c1CO. The van der Waals surface area contributed by atoms with Crippen LogP contribution in [0.3, 0.4) is 0 Å². The van der Waals surface area contributed by atoms with Gasteiger partial charge in [0.2, 0.25) is 0 Å². The Hall–Kier alpha value is -1.81. The molecule has 0 aliphatic rings. The van der Waals surface area contributed by atoms with Crippen molar-refractivity contribution < 1.29 is 5.11 Å². The van der Waals surface area contributed by atoms with E-state index in [1.165, 1.54) is 4.68 Å². The molecule has 0 radical (unpaired) electrons. The monoisotopic (exact) mass is 232 g/mol. The first-order valence-corrected chi connectivity index (χ1v) is 5.68. The first-order chi connectivity index (χ1) is 8.17. The molecule has 0 saturated carbocycles. The Morgan fingerprint density at radius 3 is 2.41 bits per heavy atom. The van der Waals surface area contributed by atoms with Crippen molar-refractivity contribution >= 4 is 0 Å². The van der Waals surface area contributed by atoms with E-state index in [1.807, 2.05) is 38.1 Å². The third-order valence-electron chi connectivity index (χ3n) is 2.88. The first-order valence-electron chi connectivity index (χ1n) is 5.68. The molecule has 2 N–H and O–H groups in total. The largest absolute Gasteiger partial charge is 0.391 e. The van der Waals surface area contributed by atoms with Crippen LogP contribution in [-0.4, -0.2) is 14.9 Å². The normalized spacial score (nSPS) is 10.8. The molecular formula is C13H16N2O2. The molecule has 1 aromatic heterocycles. The third kappa shape index (κ3) is 2.03. The van der Waals surface area contributed by atoms with Crippen LogP contribution in [0.15, 0.2) is 29.1 Å². The van der Waals surface area contributed by atoms with Crippen LogP contribution >= 0.6 is 0 Å². The molecule has 4 heteroatoms.